The molecule has 0 N–H and O–H groups in total. The number of hydrogen-bond acceptors (Lipinski definition) is 4. The fraction of sp³-hybridized carbons (Fsp3) is 0.184. The maximum absolute atomic E-state index is 4.97. The van der Waals surface area contributed by atoms with E-state index in [2.05, 4.69) is 151 Å². The van der Waals surface area contributed by atoms with E-state index in [0.717, 1.165) is 55.4 Å². The predicted octanol–water partition coefficient (Wildman–Crippen LogP) is 11.5. The summed E-state index contributed by atoms with van der Waals surface area (Å²) in [5, 5.41) is 2.02. The van der Waals surface area contributed by atoms with Crippen LogP contribution in [-0.2, 0) is 37.3 Å². The number of pyridine rings is 4. The minimum Gasteiger partial charge on any atom is -0.305 e. The molecule has 0 aliphatic heterocycles. The molecule has 0 amide bonds. The van der Waals surface area contributed by atoms with Gasteiger partial charge in [0, 0.05) is 30.2 Å². The number of benzene rings is 4. The minimum atomic E-state index is -0.808. The van der Waals surface area contributed by atoms with Gasteiger partial charge in [-0.25, -0.2) is 0 Å². The smallest absolute Gasteiger partial charge is 0.305 e. The molecule has 4 nitrogen and oxygen atoms in total. The molecule has 0 saturated carbocycles. The predicted molar refractivity (Wildman–Crippen MR) is 216 cm³/mol. The molecule has 0 unspecified atom stereocenters. The zero-order valence-electron chi connectivity index (χ0n) is 31.3. The molecule has 0 saturated heterocycles. The molecule has 0 bridgehead atoms. The van der Waals surface area contributed by atoms with Crippen LogP contribution in [0.2, 0.25) is 0 Å². The van der Waals surface area contributed by atoms with E-state index >= 15 is 0 Å². The van der Waals surface area contributed by atoms with Gasteiger partial charge < -0.3 is 9.97 Å². The summed E-state index contributed by atoms with van der Waals surface area (Å²) in [5.41, 5.74) is 13.6. The maximum Gasteiger partial charge on any atom is 2.00 e. The van der Waals surface area contributed by atoms with Crippen molar-refractivity contribution >= 4 is 21.8 Å². The Kier molecular flexibility index (Phi) is 8.74. The normalized spacial score (nSPS) is 13.4. The van der Waals surface area contributed by atoms with Gasteiger partial charge in [-0.3, -0.25) is 9.97 Å². The van der Waals surface area contributed by atoms with E-state index < -0.39 is 5.41 Å². The van der Waals surface area contributed by atoms with Gasteiger partial charge in [0.2, 0.25) is 0 Å². The molecule has 0 atom stereocenters. The van der Waals surface area contributed by atoms with Gasteiger partial charge in [0.15, 0.2) is 0 Å². The first kappa shape index (κ1) is 35.7. The number of aromatic nitrogens is 4. The Morgan fingerprint density at radius 3 is 1.31 bits per heavy atom. The molecular weight excluding hydrogens is 840 g/mol. The summed E-state index contributed by atoms with van der Waals surface area (Å²) in [5.74, 6) is 0. The standard InChI is InChI=1S/C49H40N4.Pt/c1-47(2,3)31-19-23-52-45(27-31)39-25-33(29-43-37(39)15-11-21-50-43)49(41-17-9-7-13-35(41)36-14-8-10-18-42(36)49)34-26-40(38-16-12-22-51-44(38)30-34)46-28-32(20-24-53-46)48(4,5)6;/h7-24,27-30H,1-6H3;/q-2;+2. The quantitative estimate of drug-likeness (QED) is 0.165. The molecule has 4 aromatic heterocycles. The molecule has 8 aromatic rings. The molecule has 54 heavy (non-hydrogen) atoms. The molecule has 1 aliphatic carbocycles. The van der Waals surface area contributed by atoms with Crippen LogP contribution in [0.1, 0.15) is 74.9 Å². The van der Waals surface area contributed by atoms with E-state index in [1.54, 1.807) is 0 Å². The number of nitrogens with zero attached hydrogens (tertiary/aromatic N) is 4. The van der Waals surface area contributed by atoms with Gasteiger partial charge in [0.25, 0.3) is 0 Å². The fourth-order valence-electron chi connectivity index (χ4n) is 8.07. The second-order valence-corrected chi connectivity index (χ2v) is 16.2. The van der Waals surface area contributed by atoms with E-state index in [1.807, 2.05) is 36.9 Å². The molecule has 4 heterocycles. The molecule has 0 radical (unpaired) electrons. The largest absolute Gasteiger partial charge is 2.00 e. The van der Waals surface area contributed by atoms with Gasteiger partial charge in [0.05, 0.1) is 0 Å². The average molecular weight is 880 g/mol. The van der Waals surface area contributed by atoms with Gasteiger partial charge >= 0.3 is 21.1 Å². The van der Waals surface area contributed by atoms with E-state index in [4.69, 9.17) is 19.9 Å². The van der Waals surface area contributed by atoms with Crippen molar-refractivity contribution in [3.05, 3.63) is 179 Å². The van der Waals surface area contributed by atoms with Gasteiger partial charge in [-0.1, -0.05) is 137 Å². The van der Waals surface area contributed by atoms with Crippen LogP contribution in [0.15, 0.2) is 134 Å². The van der Waals surface area contributed by atoms with Crippen molar-refractivity contribution < 1.29 is 21.1 Å². The molecule has 0 fully saturated rings. The number of fused-ring (bicyclic) bond motifs is 5. The van der Waals surface area contributed by atoms with Crippen molar-refractivity contribution in [2.24, 2.45) is 0 Å². The first-order valence-corrected chi connectivity index (χ1v) is 18.3. The second kappa shape index (κ2) is 13.2. The zero-order chi connectivity index (χ0) is 36.5. The van der Waals surface area contributed by atoms with Crippen LogP contribution in [0.25, 0.3) is 55.4 Å². The minimum absolute atomic E-state index is 0. The maximum atomic E-state index is 4.97. The summed E-state index contributed by atoms with van der Waals surface area (Å²) < 4.78 is 0. The first-order valence-electron chi connectivity index (χ1n) is 18.3. The summed E-state index contributed by atoms with van der Waals surface area (Å²) in [6.07, 6.45) is 7.58. The molecule has 1 aliphatic rings. The second-order valence-electron chi connectivity index (χ2n) is 16.2. The molecule has 0 spiro atoms. The fourth-order valence-corrected chi connectivity index (χ4v) is 8.07. The Balaban J connectivity index is 0.00000413. The summed E-state index contributed by atoms with van der Waals surface area (Å²) in [4.78, 5) is 19.9. The summed E-state index contributed by atoms with van der Waals surface area (Å²) in [7, 11) is 0. The molecule has 4 aromatic carbocycles. The van der Waals surface area contributed by atoms with Crippen molar-refractivity contribution in [1.29, 1.82) is 0 Å². The molecule has 9 rings (SSSR count). The van der Waals surface area contributed by atoms with E-state index in [1.165, 1.54) is 33.4 Å². The van der Waals surface area contributed by atoms with Gasteiger partial charge in [-0.2, -0.15) is 0 Å². The Labute approximate surface area is 332 Å². The van der Waals surface area contributed by atoms with Crippen molar-refractivity contribution in [3.8, 4) is 33.6 Å². The zero-order valence-corrected chi connectivity index (χ0v) is 33.6. The topological polar surface area (TPSA) is 51.6 Å². The van der Waals surface area contributed by atoms with Crippen molar-refractivity contribution in [3.63, 3.8) is 0 Å². The van der Waals surface area contributed by atoms with Crippen LogP contribution in [-0.4, -0.2) is 19.9 Å². The third kappa shape index (κ3) is 5.71. The molecule has 266 valence electrons. The summed E-state index contributed by atoms with van der Waals surface area (Å²) in [6.45, 7) is 13.4. The monoisotopic (exact) mass is 879 g/mol. The van der Waals surface area contributed by atoms with Crippen LogP contribution in [0, 0.1) is 12.1 Å². The van der Waals surface area contributed by atoms with Crippen LogP contribution in [0.4, 0.5) is 0 Å². The van der Waals surface area contributed by atoms with E-state index in [-0.39, 0.29) is 31.9 Å². The Hall–Kier alpha value is -5.31. The van der Waals surface area contributed by atoms with E-state index in [9.17, 15) is 0 Å². The average Bonchev–Trinajstić information content (AvgIpc) is 3.47. The van der Waals surface area contributed by atoms with Gasteiger partial charge in [-0.05, 0) is 78.8 Å². The van der Waals surface area contributed by atoms with Crippen LogP contribution in [0.3, 0.4) is 0 Å². The van der Waals surface area contributed by atoms with Crippen molar-refractivity contribution in [1.82, 2.24) is 19.9 Å². The van der Waals surface area contributed by atoms with Crippen molar-refractivity contribution in [2.75, 3.05) is 0 Å². The molecular formula is C49H40N4Pt. The third-order valence-electron chi connectivity index (χ3n) is 10.8. The Morgan fingerprint density at radius 1 is 0.463 bits per heavy atom. The van der Waals surface area contributed by atoms with Crippen LogP contribution >= 0.6 is 0 Å². The summed E-state index contributed by atoms with van der Waals surface area (Å²) >= 11 is 0. The van der Waals surface area contributed by atoms with Crippen LogP contribution < -0.4 is 0 Å². The van der Waals surface area contributed by atoms with Gasteiger partial charge in [0.1, 0.15) is 0 Å². The number of rotatable bonds is 4. The van der Waals surface area contributed by atoms with Crippen molar-refractivity contribution in [2.45, 2.75) is 57.8 Å². The van der Waals surface area contributed by atoms with E-state index in [0.29, 0.717) is 0 Å². The summed E-state index contributed by atoms with van der Waals surface area (Å²) in [6, 6.07) is 46.9. The Bertz CT molecular complexity index is 2530. The Morgan fingerprint density at radius 2 is 0.889 bits per heavy atom. The van der Waals surface area contributed by atoms with Crippen LogP contribution in [0.5, 0.6) is 0 Å². The number of hydrogen-bond donors (Lipinski definition) is 0. The SMILES string of the molecule is CC(C)(C)c1ccnc(-c2[c-]c(C3(c4[c-]c(-c5cc(C(C)(C)C)ccn5)c5cccnc5c4)c4ccccc4-c4ccccc43)cc3ncccc23)c1.[Pt+2]. The third-order valence-corrected chi connectivity index (χ3v) is 10.8. The first-order chi connectivity index (χ1) is 25.5. The molecule has 5 heteroatoms. The van der Waals surface area contributed by atoms with Gasteiger partial charge in [-0.15, -0.1) is 46.5 Å².